The maximum absolute atomic E-state index is 14.1. The van der Waals surface area contributed by atoms with E-state index in [2.05, 4.69) is 15.6 Å². The van der Waals surface area contributed by atoms with E-state index in [4.69, 9.17) is 5.11 Å². The van der Waals surface area contributed by atoms with E-state index in [0.29, 0.717) is 25.7 Å². The van der Waals surface area contributed by atoms with Crippen LogP contribution in [0.15, 0.2) is 6.20 Å². The summed E-state index contributed by atoms with van der Waals surface area (Å²) in [6, 6.07) is -0.124. The van der Waals surface area contributed by atoms with Gasteiger partial charge in [-0.15, -0.1) is 5.10 Å². The van der Waals surface area contributed by atoms with Crippen LogP contribution in [0.1, 0.15) is 62.0 Å². The molecule has 7 nitrogen and oxygen atoms in total. The van der Waals surface area contributed by atoms with Gasteiger partial charge in [0.2, 0.25) is 5.91 Å². The highest BCUT2D eigenvalue weighted by molar-refractivity contribution is 5.84. The fourth-order valence-electron chi connectivity index (χ4n) is 3.38. The van der Waals surface area contributed by atoms with E-state index in [1.165, 1.54) is 17.8 Å². The molecule has 2 aliphatic rings. The summed E-state index contributed by atoms with van der Waals surface area (Å²) in [5.74, 6) is -4.79. The first-order valence-electron chi connectivity index (χ1n) is 8.07. The zero-order valence-corrected chi connectivity index (χ0v) is 13.3. The van der Waals surface area contributed by atoms with E-state index in [0.717, 1.165) is 0 Å². The van der Waals surface area contributed by atoms with E-state index in [9.17, 15) is 18.4 Å². The average molecular weight is 342 g/mol. The zero-order valence-electron chi connectivity index (χ0n) is 13.3. The van der Waals surface area contributed by atoms with Crippen LogP contribution >= 0.6 is 0 Å². The predicted octanol–water partition coefficient (Wildman–Crippen LogP) is 2.01. The second-order valence-electron chi connectivity index (χ2n) is 6.94. The van der Waals surface area contributed by atoms with E-state index < -0.39 is 17.4 Å². The van der Waals surface area contributed by atoms with Crippen molar-refractivity contribution in [3.05, 3.63) is 11.9 Å². The molecule has 0 saturated heterocycles. The summed E-state index contributed by atoms with van der Waals surface area (Å²) in [5, 5.41) is 18.6. The molecular formula is C15H20F2N4O3. The van der Waals surface area contributed by atoms with Crippen molar-refractivity contribution in [3.63, 3.8) is 0 Å². The maximum Gasteiger partial charge on any atom is 0.358 e. The van der Waals surface area contributed by atoms with Gasteiger partial charge in [0.05, 0.1) is 12.2 Å². The number of carbonyl (C=O) groups excluding carboxylic acids is 1. The molecule has 132 valence electrons. The van der Waals surface area contributed by atoms with Crippen molar-refractivity contribution < 1.29 is 23.5 Å². The average Bonchev–Trinajstić information content (AvgIpc) is 2.90. The van der Waals surface area contributed by atoms with Crippen molar-refractivity contribution in [1.29, 1.82) is 0 Å². The van der Waals surface area contributed by atoms with Crippen molar-refractivity contribution in [2.45, 2.75) is 63.0 Å². The lowest BCUT2D eigenvalue weighted by atomic mass is 9.76. The molecule has 1 aromatic heterocycles. The molecule has 0 aliphatic heterocycles. The van der Waals surface area contributed by atoms with Gasteiger partial charge in [0, 0.05) is 12.3 Å². The molecule has 1 atom stereocenters. The Balaban J connectivity index is 1.57. The Labute approximate surface area is 137 Å². The van der Waals surface area contributed by atoms with Gasteiger partial charge >= 0.3 is 5.97 Å². The van der Waals surface area contributed by atoms with Crippen molar-refractivity contribution in [1.82, 2.24) is 20.3 Å². The molecule has 3 rings (SSSR count). The third kappa shape index (κ3) is 2.87. The number of carbonyl (C=O) groups is 2. The minimum atomic E-state index is -2.90. The maximum atomic E-state index is 14.1. The number of nitrogens with zero attached hydrogens (tertiary/aromatic N) is 3. The number of hydrogen-bond acceptors (Lipinski definition) is 4. The van der Waals surface area contributed by atoms with Gasteiger partial charge in [-0.05, 0) is 32.6 Å². The lowest BCUT2D eigenvalue weighted by Gasteiger charge is -2.44. The molecule has 2 aliphatic carbocycles. The summed E-state index contributed by atoms with van der Waals surface area (Å²) < 4.78 is 29.7. The molecule has 2 N–H and O–H groups in total. The number of amides is 1. The first-order valence-corrected chi connectivity index (χ1v) is 8.07. The second-order valence-corrected chi connectivity index (χ2v) is 6.94. The molecule has 1 heterocycles. The fourth-order valence-corrected chi connectivity index (χ4v) is 3.38. The molecule has 1 amide bonds. The first-order chi connectivity index (χ1) is 11.2. The second kappa shape index (κ2) is 5.78. The van der Waals surface area contributed by atoms with E-state index in [-0.39, 0.29) is 36.4 Å². The predicted molar refractivity (Wildman–Crippen MR) is 78.7 cm³/mol. The quantitative estimate of drug-likeness (QED) is 0.872. The van der Waals surface area contributed by atoms with Crippen molar-refractivity contribution in [3.8, 4) is 0 Å². The molecule has 0 spiro atoms. The fraction of sp³-hybridized carbons (Fsp3) is 0.733. The van der Waals surface area contributed by atoms with Crippen LogP contribution in [-0.4, -0.2) is 43.4 Å². The standard InChI is InChI=1S/C15H20F2N4O3/c1-14(4-2-3-5-15(14,16)17)18-12(22)9-6-10(7-9)21-8-11(13(23)24)19-20-21/h8-10H,2-7H2,1H3,(H,18,22)(H,23,24). The number of hydrogen-bond donors (Lipinski definition) is 2. The van der Waals surface area contributed by atoms with Crippen LogP contribution < -0.4 is 5.32 Å². The molecule has 2 saturated carbocycles. The van der Waals surface area contributed by atoms with Crippen LogP contribution in [-0.2, 0) is 4.79 Å². The summed E-state index contributed by atoms with van der Waals surface area (Å²) in [5.41, 5.74) is -1.64. The molecular weight excluding hydrogens is 322 g/mol. The molecule has 0 bridgehead atoms. The van der Waals surface area contributed by atoms with Gasteiger partial charge in [-0.25, -0.2) is 18.3 Å². The van der Waals surface area contributed by atoms with Crippen molar-refractivity contribution >= 4 is 11.9 Å². The third-order valence-electron chi connectivity index (χ3n) is 5.21. The minimum absolute atomic E-state index is 0.124. The number of aromatic nitrogens is 3. The van der Waals surface area contributed by atoms with Gasteiger partial charge in [-0.1, -0.05) is 11.6 Å². The highest BCUT2D eigenvalue weighted by Gasteiger charge is 2.53. The molecule has 2 fully saturated rings. The van der Waals surface area contributed by atoms with Crippen LogP contribution in [0.4, 0.5) is 8.78 Å². The van der Waals surface area contributed by atoms with Crippen LogP contribution in [0.3, 0.4) is 0 Å². The van der Waals surface area contributed by atoms with Gasteiger partial charge in [0.15, 0.2) is 5.69 Å². The highest BCUT2D eigenvalue weighted by Crippen LogP contribution is 2.43. The number of rotatable bonds is 4. The zero-order chi connectivity index (χ0) is 17.5. The normalized spacial score (nSPS) is 32.0. The molecule has 9 heteroatoms. The smallest absolute Gasteiger partial charge is 0.358 e. The highest BCUT2D eigenvalue weighted by atomic mass is 19.3. The van der Waals surface area contributed by atoms with Gasteiger partial charge in [-0.2, -0.15) is 0 Å². The summed E-state index contributed by atoms with van der Waals surface area (Å²) in [6.07, 6.45) is 3.42. The van der Waals surface area contributed by atoms with Gasteiger partial charge in [0.1, 0.15) is 5.54 Å². The molecule has 0 radical (unpaired) electrons. The van der Waals surface area contributed by atoms with E-state index in [1.54, 1.807) is 0 Å². The van der Waals surface area contributed by atoms with Crippen LogP contribution in [0, 0.1) is 5.92 Å². The van der Waals surface area contributed by atoms with Crippen molar-refractivity contribution in [2.24, 2.45) is 5.92 Å². The lowest BCUT2D eigenvalue weighted by molar-refractivity contribution is -0.145. The molecule has 1 aromatic rings. The summed E-state index contributed by atoms with van der Waals surface area (Å²) in [6.45, 7) is 1.41. The van der Waals surface area contributed by atoms with Crippen molar-refractivity contribution in [2.75, 3.05) is 0 Å². The molecule has 1 unspecified atom stereocenters. The molecule has 0 aromatic carbocycles. The Kier molecular flexibility index (Phi) is 4.05. The monoisotopic (exact) mass is 342 g/mol. The summed E-state index contributed by atoms with van der Waals surface area (Å²) in [7, 11) is 0. The van der Waals surface area contributed by atoms with Gasteiger partial charge < -0.3 is 10.4 Å². The Bertz CT molecular complexity index is 657. The number of nitrogens with one attached hydrogen (secondary N) is 1. The van der Waals surface area contributed by atoms with Gasteiger partial charge in [-0.3, -0.25) is 4.79 Å². The first kappa shape index (κ1) is 16.8. The number of halogens is 2. The number of carboxylic acid groups (broad SMARTS) is 1. The summed E-state index contributed by atoms with van der Waals surface area (Å²) in [4.78, 5) is 23.1. The minimum Gasteiger partial charge on any atom is -0.476 e. The molecule has 24 heavy (non-hydrogen) atoms. The van der Waals surface area contributed by atoms with E-state index in [1.807, 2.05) is 0 Å². The number of aromatic carboxylic acids is 1. The lowest BCUT2D eigenvalue weighted by Crippen LogP contribution is -2.61. The van der Waals surface area contributed by atoms with E-state index >= 15 is 0 Å². The largest absolute Gasteiger partial charge is 0.476 e. The van der Waals surface area contributed by atoms with Crippen LogP contribution in [0.5, 0.6) is 0 Å². The SMILES string of the molecule is CC1(NC(=O)C2CC(n3cc(C(=O)O)nn3)C2)CCCCC1(F)F. The summed E-state index contributed by atoms with van der Waals surface area (Å²) >= 11 is 0. The van der Waals surface area contributed by atoms with Crippen LogP contribution in [0.2, 0.25) is 0 Å². The van der Waals surface area contributed by atoms with Crippen LogP contribution in [0.25, 0.3) is 0 Å². The topological polar surface area (TPSA) is 97.1 Å². The Morgan fingerprint density at radius 3 is 2.58 bits per heavy atom. The third-order valence-corrected chi connectivity index (χ3v) is 5.21. The number of carboxylic acids is 1. The Hall–Kier alpha value is -2.06. The Morgan fingerprint density at radius 1 is 1.33 bits per heavy atom. The Morgan fingerprint density at radius 2 is 2.00 bits per heavy atom. The number of alkyl halides is 2. The van der Waals surface area contributed by atoms with Gasteiger partial charge in [0.25, 0.3) is 5.92 Å².